The van der Waals surface area contributed by atoms with Crippen LogP contribution in [0.2, 0.25) is 18.1 Å². The topological polar surface area (TPSA) is 12.9 Å². The third-order valence-corrected chi connectivity index (χ3v) is 8.67. The quantitative estimate of drug-likeness (QED) is 0.556. The molecule has 0 saturated heterocycles. The first kappa shape index (κ1) is 13.7. The first-order valence-corrected chi connectivity index (χ1v) is 8.85. The fourth-order valence-corrected chi connectivity index (χ4v) is 2.56. The maximum atomic E-state index is 6.23. The average molecular weight is 230 g/mol. The lowest BCUT2D eigenvalue weighted by atomic mass is 10.5. The number of rotatable bonds is 3. The molecule has 0 saturated carbocycles. The summed E-state index contributed by atoms with van der Waals surface area (Å²) in [5.41, 5.74) is 0. The van der Waals surface area contributed by atoms with Gasteiger partial charge in [-0.15, -0.1) is 0 Å². The monoisotopic (exact) mass is 229 g/mol. The lowest BCUT2D eigenvalue weighted by molar-refractivity contribution is 1.22. The molecule has 0 unspecified atom stereocenters. The van der Waals surface area contributed by atoms with Crippen molar-refractivity contribution in [2.24, 2.45) is 0 Å². The zero-order valence-corrected chi connectivity index (χ0v) is 11.1. The SMILES string of the molecule is CC[Si](Cl)(CC)CC.c1ccncc1. The highest BCUT2D eigenvalue weighted by molar-refractivity contribution is 7.20. The van der Waals surface area contributed by atoms with Crippen LogP contribution in [0.3, 0.4) is 0 Å². The van der Waals surface area contributed by atoms with Crippen LogP contribution in [0, 0.1) is 0 Å². The van der Waals surface area contributed by atoms with Crippen molar-refractivity contribution in [3.63, 3.8) is 0 Å². The van der Waals surface area contributed by atoms with Crippen molar-refractivity contribution in [3.8, 4) is 0 Å². The second kappa shape index (κ2) is 8.01. The molecular weight excluding hydrogens is 210 g/mol. The standard InChI is InChI=1S/C6H15ClSi.C5H5N/c1-4-8(7,5-2)6-3;1-2-4-6-5-3-1/h4-6H2,1-3H3;1-5H. The molecule has 0 amide bonds. The van der Waals surface area contributed by atoms with Crippen molar-refractivity contribution >= 4 is 18.5 Å². The number of hydrogen-bond acceptors (Lipinski definition) is 1. The molecule has 14 heavy (non-hydrogen) atoms. The van der Waals surface area contributed by atoms with E-state index in [9.17, 15) is 0 Å². The van der Waals surface area contributed by atoms with Gasteiger partial charge in [-0.3, -0.25) is 4.98 Å². The van der Waals surface area contributed by atoms with Gasteiger partial charge in [-0.2, -0.15) is 11.1 Å². The lowest BCUT2D eigenvalue weighted by Gasteiger charge is -2.17. The number of hydrogen-bond donors (Lipinski definition) is 0. The third kappa shape index (κ3) is 6.16. The highest BCUT2D eigenvalue weighted by atomic mass is 35.6. The van der Waals surface area contributed by atoms with Crippen LogP contribution in [0.15, 0.2) is 30.6 Å². The van der Waals surface area contributed by atoms with Crippen LogP contribution >= 0.6 is 11.1 Å². The van der Waals surface area contributed by atoms with Crippen molar-refractivity contribution in [2.75, 3.05) is 0 Å². The molecule has 0 N–H and O–H groups in total. The summed E-state index contributed by atoms with van der Waals surface area (Å²) in [6.07, 6.45) is 3.50. The fraction of sp³-hybridized carbons (Fsp3) is 0.545. The molecule has 80 valence electrons. The second-order valence-corrected chi connectivity index (χ2v) is 10.1. The number of aromatic nitrogens is 1. The van der Waals surface area contributed by atoms with Gasteiger partial charge in [0.15, 0.2) is 7.38 Å². The maximum Gasteiger partial charge on any atom is 0.155 e. The molecule has 3 heteroatoms. The molecule has 0 radical (unpaired) electrons. The van der Waals surface area contributed by atoms with E-state index in [2.05, 4.69) is 25.8 Å². The van der Waals surface area contributed by atoms with Gasteiger partial charge in [-0.1, -0.05) is 26.8 Å². The van der Waals surface area contributed by atoms with Crippen molar-refractivity contribution < 1.29 is 0 Å². The van der Waals surface area contributed by atoms with Crippen LogP contribution in [0.1, 0.15) is 20.8 Å². The molecule has 0 spiro atoms. The number of halogens is 1. The van der Waals surface area contributed by atoms with Gasteiger partial charge in [0.1, 0.15) is 0 Å². The van der Waals surface area contributed by atoms with Gasteiger partial charge < -0.3 is 0 Å². The van der Waals surface area contributed by atoms with Crippen LogP contribution in [0.4, 0.5) is 0 Å². The molecule has 1 heterocycles. The Morgan fingerprint density at radius 3 is 1.43 bits per heavy atom. The first-order chi connectivity index (χ1) is 6.68. The molecule has 0 aliphatic rings. The van der Waals surface area contributed by atoms with E-state index < -0.39 is 7.38 Å². The summed E-state index contributed by atoms with van der Waals surface area (Å²) in [7, 11) is -1.20. The van der Waals surface area contributed by atoms with Gasteiger partial charge in [0.05, 0.1) is 0 Å². The Hall–Kier alpha value is -0.343. The zero-order valence-electron chi connectivity index (χ0n) is 9.33. The molecular formula is C11H20ClNSi. The molecule has 0 fully saturated rings. The molecule has 0 atom stereocenters. The Morgan fingerprint density at radius 1 is 0.929 bits per heavy atom. The van der Waals surface area contributed by atoms with Crippen LogP contribution < -0.4 is 0 Å². The third-order valence-electron chi connectivity index (χ3n) is 2.47. The molecule has 0 aromatic carbocycles. The summed E-state index contributed by atoms with van der Waals surface area (Å²) in [6, 6.07) is 9.39. The fourth-order valence-electron chi connectivity index (χ4n) is 1.06. The molecule has 0 bridgehead atoms. The summed E-state index contributed by atoms with van der Waals surface area (Å²) in [6.45, 7) is 6.60. The van der Waals surface area contributed by atoms with Gasteiger partial charge in [0, 0.05) is 12.4 Å². The van der Waals surface area contributed by atoms with Crippen molar-refractivity contribution in [3.05, 3.63) is 30.6 Å². The van der Waals surface area contributed by atoms with Gasteiger partial charge >= 0.3 is 0 Å². The second-order valence-electron chi connectivity index (χ2n) is 3.24. The maximum absolute atomic E-state index is 6.23. The van der Waals surface area contributed by atoms with Gasteiger partial charge in [0.2, 0.25) is 0 Å². The van der Waals surface area contributed by atoms with Gasteiger partial charge in [-0.05, 0) is 30.3 Å². The molecule has 1 nitrogen and oxygen atoms in total. The Labute approximate surface area is 93.2 Å². The van der Waals surface area contributed by atoms with Crippen molar-refractivity contribution in [2.45, 2.75) is 38.9 Å². The number of pyridine rings is 1. The van der Waals surface area contributed by atoms with E-state index in [0.717, 1.165) is 0 Å². The minimum Gasteiger partial charge on any atom is -0.265 e. The number of nitrogens with zero attached hydrogens (tertiary/aromatic N) is 1. The van der Waals surface area contributed by atoms with Crippen LogP contribution in [-0.2, 0) is 0 Å². The van der Waals surface area contributed by atoms with E-state index >= 15 is 0 Å². The van der Waals surface area contributed by atoms with Crippen LogP contribution in [0.5, 0.6) is 0 Å². The highest BCUT2D eigenvalue weighted by Crippen LogP contribution is 2.23. The smallest absolute Gasteiger partial charge is 0.155 e. The summed E-state index contributed by atoms with van der Waals surface area (Å²) in [5, 5.41) is 0. The Balaban J connectivity index is 0.000000249. The van der Waals surface area contributed by atoms with Crippen LogP contribution in [-0.4, -0.2) is 12.4 Å². The summed E-state index contributed by atoms with van der Waals surface area (Å²) in [4.78, 5) is 3.78. The molecule has 1 aromatic rings. The molecule has 0 aliphatic heterocycles. The van der Waals surface area contributed by atoms with Gasteiger partial charge in [-0.25, -0.2) is 0 Å². The zero-order chi connectivity index (χ0) is 10.9. The summed E-state index contributed by atoms with van der Waals surface area (Å²) >= 11 is 6.23. The van der Waals surface area contributed by atoms with Crippen molar-refractivity contribution in [1.29, 1.82) is 0 Å². The lowest BCUT2D eigenvalue weighted by Crippen LogP contribution is -2.22. The molecule has 1 aromatic heterocycles. The Kier molecular flexibility index (Phi) is 7.81. The van der Waals surface area contributed by atoms with E-state index in [1.54, 1.807) is 12.4 Å². The van der Waals surface area contributed by atoms with E-state index in [1.807, 2.05) is 18.2 Å². The van der Waals surface area contributed by atoms with E-state index in [-0.39, 0.29) is 0 Å². The normalized spacial score (nSPS) is 10.3. The largest absolute Gasteiger partial charge is 0.265 e. The van der Waals surface area contributed by atoms with E-state index in [1.165, 1.54) is 18.1 Å². The molecule has 0 aliphatic carbocycles. The van der Waals surface area contributed by atoms with Crippen molar-refractivity contribution in [1.82, 2.24) is 4.98 Å². The predicted octanol–water partition coefficient (Wildman–Crippen LogP) is 4.31. The van der Waals surface area contributed by atoms with E-state index in [0.29, 0.717) is 0 Å². The highest BCUT2D eigenvalue weighted by Gasteiger charge is 2.22. The Morgan fingerprint density at radius 2 is 1.36 bits per heavy atom. The average Bonchev–Trinajstić information content (AvgIpc) is 2.31. The first-order valence-electron chi connectivity index (χ1n) is 5.22. The van der Waals surface area contributed by atoms with Crippen LogP contribution in [0.25, 0.3) is 0 Å². The molecule has 1 rings (SSSR count). The predicted molar refractivity (Wildman–Crippen MR) is 67.3 cm³/mol. The van der Waals surface area contributed by atoms with E-state index in [4.69, 9.17) is 11.1 Å². The summed E-state index contributed by atoms with van der Waals surface area (Å²) in [5.74, 6) is 0. The summed E-state index contributed by atoms with van der Waals surface area (Å²) < 4.78 is 0. The minimum atomic E-state index is -1.20. The minimum absolute atomic E-state index is 1.20. The Bertz CT molecular complexity index is 177. The van der Waals surface area contributed by atoms with Gasteiger partial charge in [0.25, 0.3) is 0 Å².